The normalized spacial score (nSPS) is 14.8. The molecule has 0 fully saturated rings. The van der Waals surface area contributed by atoms with E-state index in [1.807, 2.05) is 48.5 Å². The first-order valence-corrected chi connectivity index (χ1v) is 11.3. The smallest absolute Gasteiger partial charge is 0.322 e. The molecule has 1 N–H and O–H groups in total. The van der Waals surface area contributed by atoms with Crippen LogP contribution in [0, 0.1) is 5.82 Å². The van der Waals surface area contributed by atoms with Crippen molar-refractivity contribution < 1.29 is 18.8 Å². The lowest BCUT2D eigenvalue weighted by atomic mass is 10.0. The average Bonchev–Trinajstić information content (AvgIpc) is 3.33. The number of carbonyl (C=O) groups excluding carboxylic acids is 1. The maximum Gasteiger partial charge on any atom is 0.322 e. The zero-order chi connectivity index (χ0) is 23.9. The van der Waals surface area contributed by atoms with E-state index in [0.29, 0.717) is 23.4 Å². The van der Waals surface area contributed by atoms with Crippen LogP contribution in [0.4, 0.5) is 14.9 Å². The van der Waals surface area contributed by atoms with E-state index in [0.717, 1.165) is 23.3 Å². The first kappa shape index (κ1) is 23.3. The highest BCUT2D eigenvalue weighted by Crippen LogP contribution is 2.25. The number of hydrogen-bond donors (Lipinski definition) is 1. The van der Waals surface area contributed by atoms with E-state index < -0.39 is 0 Å². The maximum absolute atomic E-state index is 14.4. The minimum absolute atomic E-state index is 0.107. The number of methoxy groups -OCH3 is 1. The maximum atomic E-state index is 14.4. The number of hydrogen-bond acceptors (Lipinski definition) is 4. The number of aryl methyl sites for hydroxylation is 1. The quantitative estimate of drug-likeness (QED) is 0.473. The second-order valence-electron chi connectivity index (χ2n) is 8.13. The fourth-order valence-corrected chi connectivity index (χ4v) is 3.94. The van der Waals surface area contributed by atoms with E-state index in [4.69, 9.17) is 9.57 Å². The molecule has 7 heteroatoms. The third-order valence-corrected chi connectivity index (χ3v) is 5.77. The number of ether oxygens (including phenoxy) is 1. The number of nitrogens with one attached hydrogen (secondary N) is 1. The van der Waals surface area contributed by atoms with Crippen LogP contribution in [0.3, 0.4) is 0 Å². The first-order chi connectivity index (χ1) is 16.6. The van der Waals surface area contributed by atoms with Crippen molar-refractivity contribution in [3.63, 3.8) is 0 Å². The standard InChI is InChI=1S/C27H28FN3O3/c1-3-19-9-8-11-21(15-19)29-27(32)31(17-20-10-4-6-13-24(20)28)18-22-16-25(30-34-22)23-12-5-7-14-26(23)33-2/h4-15,22H,3,16-18H2,1-2H3,(H,29,32)/t22-/m0/s1. The van der Waals surface area contributed by atoms with Crippen LogP contribution in [0.25, 0.3) is 0 Å². The summed E-state index contributed by atoms with van der Waals surface area (Å²) in [5.41, 5.74) is 3.86. The number of benzene rings is 3. The van der Waals surface area contributed by atoms with E-state index in [-0.39, 0.29) is 31.0 Å². The second-order valence-corrected chi connectivity index (χ2v) is 8.13. The van der Waals surface area contributed by atoms with Gasteiger partial charge in [-0.15, -0.1) is 0 Å². The molecule has 0 bridgehead atoms. The summed E-state index contributed by atoms with van der Waals surface area (Å²) in [6.07, 6.45) is 1.01. The van der Waals surface area contributed by atoms with Gasteiger partial charge in [-0.25, -0.2) is 9.18 Å². The fraction of sp³-hybridized carbons (Fsp3) is 0.259. The number of para-hydroxylation sites is 1. The lowest BCUT2D eigenvalue weighted by Gasteiger charge is -2.25. The lowest BCUT2D eigenvalue weighted by molar-refractivity contribution is 0.0606. The number of nitrogens with zero attached hydrogens (tertiary/aromatic N) is 2. The van der Waals surface area contributed by atoms with E-state index >= 15 is 0 Å². The number of urea groups is 1. The summed E-state index contributed by atoms with van der Waals surface area (Å²) >= 11 is 0. The molecule has 0 aromatic heterocycles. The van der Waals surface area contributed by atoms with Crippen LogP contribution in [-0.4, -0.2) is 36.4 Å². The minimum Gasteiger partial charge on any atom is -0.496 e. The van der Waals surface area contributed by atoms with Gasteiger partial charge in [0.2, 0.25) is 0 Å². The Morgan fingerprint density at radius 1 is 1.15 bits per heavy atom. The van der Waals surface area contributed by atoms with Crippen molar-refractivity contribution in [2.24, 2.45) is 5.16 Å². The summed E-state index contributed by atoms with van der Waals surface area (Å²) in [4.78, 5) is 20.5. The number of oxime groups is 1. The van der Waals surface area contributed by atoms with Gasteiger partial charge in [0.05, 0.1) is 25.9 Å². The Balaban J connectivity index is 1.50. The molecule has 0 spiro atoms. The van der Waals surface area contributed by atoms with Gasteiger partial charge < -0.3 is 19.8 Å². The van der Waals surface area contributed by atoms with Gasteiger partial charge in [0.1, 0.15) is 11.6 Å². The molecule has 176 valence electrons. The first-order valence-electron chi connectivity index (χ1n) is 11.3. The van der Waals surface area contributed by atoms with Crippen LogP contribution in [0.2, 0.25) is 0 Å². The second kappa shape index (κ2) is 10.8. The van der Waals surface area contributed by atoms with Crippen LogP contribution in [0.1, 0.15) is 30.0 Å². The van der Waals surface area contributed by atoms with E-state index in [9.17, 15) is 9.18 Å². The summed E-state index contributed by atoms with van der Waals surface area (Å²) in [7, 11) is 1.61. The lowest BCUT2D eigenvalue weighted by Crippen LogP contribution is -2.40. The van der Waals surface area contributed by atoms with E-state index in [2.05, 4.69) is 17.4 Å². The summed E-state index contributed by atoms with van der Waals surface area (Å²) < 4.78 is 19.8. The molecule has 3 aromatic rings. The molecule has 1 atom stereocenters. The zero-order valence-corrected chi connectivity index (χ0v) is 19.3. The van der Waals surface area contributed by atoms with Gasteiger partial charge in [-0.1, -0.05) is 54.5 Å². The van der Waals surface area contributed by atoms with Gasteiger partial charge in [0.25, 0.3) is 0 Å². The topological polar surface area (TPSA) is 63.2 Å². The molecule has 2 amide bonds. The Hall–Kier alpha value is -3.87. The van der Waals surface area contributed by atoms with Crippen molar-refractivity contribution in [2.75, 3.05) is 19.0 Å². The van der Waals surface area contributed by atoms with Crippen molar-refractivity contribution in [1.29, 1.82) is 0 Å². The van der Waals surface area contributed by atoms with Gasteiger partial charge in [-0.05, 0) is 42.3 Å². The Bertz CT molecular complexity index is 1180. The summed E-state index contributed by atoms with van der Waals surface area (Å²) in [5.74, 6) is 0.355. The predicted octanol–water partition coefficient (Wildman–Crippen LogP) is 5.62. The van der Waals surface area contributed by atoms with Crippen LogP contribution < -0.4 is 10.1 Å². The monoisotopic (exact) mass is 461 g/mol. The highest BCUT2D eigenvalue weighted by molar-refractivity contribution is 6.03. The number of amides is 2. The molecule has 1 heterocycles. The Kier molecular flexibility index (Phi) is 7.42. The van der Waals surface area contributed by atoms with Gasteiger partial charge in [-0.3, -0.25) is 0 Å². The third kappa shape index (κ3) is 5.54. The molecule has 0 radical (unpaired) electrons. The highest BCUT2D eigenvalue weighted by atomic mass is 19.1. The molecule has 0 saturated carbocycles. The van der Waals surface area contributed by atoms with Crippen molar-refractivity contribution in [3.8, 4) is 5.75 Å². The molecule has 34 heavy (non-hydrogen) atoms. The Morgan fingerprint density at radius 3 is 2.74 bits per heavy atom. The third-order valence-electron chi connectivity index (χ3n) is 5.77. The van der Waals surface area contributed by atoms with Crippen molar-refractivity contribution in [1.82, 2.24) is 4.90 Å². The summed E-state index contributed by atoms with van der Waals surface area (Å²) in [6, 6.07) is 21.4. The van der Waals surface area contributed by atoms with Crippen molar-refractivity contribution in [3.05, 3.63) is 95.3 Å². The van der Waals surface area contributed by atoms with Gasteiger partial charge in [0.15, 0.2) is 6.10 Å². The largest absolute Gasteiger partial charge is 0.496 e. The molecule has 0 unspecified atom stereocenters. The molecule has 0 saturated heterocycles. The molecular weight excluding hydrogens is 433 g/mol. The molecule has 1 aliphatic rings. The summed E-state index contributed by atoms with van der Waals surface area (Å²) in [6.45, 7) is 2.41. The molecule has 3 aromatic carbocycles. The Labute approximate surface area is 199 Å². The van der Waals surface area contributed by atoms with Gasteiger partial charge in [-0.2, -0.15) is 0 Å². The predicted molar refractivity (Wildman–Crippen MR) is 131 cm³/mol. The number of carbonyl (C=O) groups is 1. The van der Waals surface area contributed by atoms with Crippen LogP contribution in [0.15, 0.2) is 78.0 Å². The van der Waals surface area contributed by atoms with Gasteiger partial charge in [0, 0.05) is 23.2 Å². The molecule has 1 aliphatic heterocycles. The summed E-state index contributed by atoms with van der Waals surface area (Å²) in [5, 5.41) is 7.19. The molecule has 4 rings (SSSR count). The van der Waals surface area contributed by atoms with E-state index in [1.54, 1.807) is 30.2 Å². The minimum atomic E-state index is -0.362. The fourth-order valence-electron chi connectivity index (χ4n) is 3.94. The van der Waals surface area contributed by atoms with Crippen LogP contribution in [-0.2, 0) is 17.8 Å². The molecular formula is C27H28FN3O3. The van der Waals surface area contributed by atoms with Crippen molar-refractivity contribution >= 4 is 17.4 Å². The van der Waals surface area contributed by atoms with Crippen LogP contribution >= 0.6 is 0 Å². The zero-order valence-electron chi connectivity index (χ0n) is 19.3. The van der Waals surface area contributed by atoms with Crippen molar-refractivity contribution in [2.45, 2.75) is 32.4 Å². The van der Waals surface area contributed by atoms with Crippen LogP contribution in [0.5, 0.6) is 5.75 Å². The average molecular weight is 462 g/mol. The van der Waals surface area contributed by atoms with E-state index in [1.165, 1.54) is 6.07 Å². The highest BCUT2D eigenvalue weighted by Gasteiger charge is 2.28. The number of anilines is 1. The molecule has 0 aliphatic carbocycles. The SMILES string of the molecule is CCc1cccc(NC(=O)N(Cc2ccccc2F)C[C@@H]2CC(c3ccccc3OC)=NO2)c1. The van der Waals surface area contributed by atoms with Gasteiger partial charge >= 0.3 is 6.03 Å². The molecule has 6 nitrogen and oxygen atoms in total. The number of rotatable bonds is 8. The number of halogens is 1. The Morgan fingerprint density at radius 2 is 1.94 bits per heavy atom.